The molecule has 0 spiro atoms. The van der Waals surface area contributed by atoms with E-state index in [4.69, 9.17) is 11.6 Å². The molecule has 20 heavy (non-hydrogen) atoms. The lowest BCUT2D eigenvalue weighted by atomic mass is 10.0. The molecule has 0 saturated heterocycles. The van der Waals surface area contributed by atoms with Crippen LogP contribution in [0.5, 0.6) is 0 Å². The Balaban J connectivity index is 2.02. The number of halogens is 2. The first-order chi connectivity index (χ1) is 9.65. The van der Waals surface area contributed by atoms with Gasteiger partial charge in [0.1, 0.15) is 0 Å². The third-order valence-corrected chi connectivity index (χ3v) is 5.85. The molecule has 1 atom stereocenters. The number of rotatable bonds is 11. The number of thiophene rings is 1. The largest absolute Gasteiger partial charge is 0.133 e. The molecule has 1 heterocycles. The maximum Gasteiger partial charge on any atom is 0.0704 e. The van der Waals surface area contributed by atoms with E-state index >= 15 is 0 Å². The highest BCUT2D eigenvalue weighted by molar-refractivity contribution is 9.11. The summed E-state index contributed by atoms with van der Waals surface area (Å²) in [5, 5.41) is 0.196. The van der Waals surface area contributed by atoms with E-state index in [0.29, 0.717) is 0 Å². The Bertz CT molecular complexity index is 362. The minimum atomic E-state index is 0.196. The molecule has 0 nitrogen and oxygen atoms in total. The summed E-state index contributed by atoms with van der Waals surface area (Å²) in [5.74, 6) is 0. The van der Waals surface area contributed by atoms with E-state index in [2.05, 4.69) is 35.8 Å². The molecular weight excluding hydrogens is 352 g/mol. The Morgan fingerprint density at radius 3 is 2.10 bits per heavy atom. The molecule has 0 fully saturated rings. The van der Waals surface area contributed by atoms with E-state index in [1.165, 1.54) is 72.0 Å². The average Bonchev–Trinajstić information content (AvgIpc) is 2.75. The van der Waals surface area contributed by atoms with Crippen molar-refractivity contribution in [3.05, 3.63) is 20.3 Å². The zero-order chi connectivity index (χ0) is 14.8. The molecule has 0 radical (unpaired) electrons. The average molecular weight is 380 g/mol. The van der Waals surface area contributed by atoms with Crippen molar-refractivity contribution < 1.29 is 0 Å². The number of aryl methyl sites for hydroxylation is 1. The van der Waals surface area contributed by atoms with Crippen LogP contribution in [0.3, 0.4) is 0 Å². The lowest BCUT2D eigenvalue weighted by molar-refractivity contribution is 0.554. The topological polar surface area (TPSA) is 0 Å². The van der Waals surface area contributed by atoms with Crippen molar-refractivity contribution >= 4 is 38.9 Å². The van der Waals surface area contributed by atoms with Crippen molar-refractivity contribution in [2.75, 3.05) is 0 Å². The quantitative estimate of drug-likeness (QED) is 0.269. The smallest absolute Gasteiger partial charge is 0.0704 e. The summed E-state index contributed by atoms with van der Waals surface area (Å²) in [6, 6.07) is 2.19. The van der Waals surface area contributed by atoms with Gasteiger partial charge in [0.15, 0.2) is 0 Å². The minimum absolute atomic E-state index is 0.196. The van der Waals surface area contributed by atoms with Gasteiger partial charge >= 0.3 is 0 Å². The molecule has 3 heteroatoms. The van der Waals surface area contributed by atoms with Crippen LogP contribution in [0.2, 0.25) is 0 Å². The second-order valence-electron chi connectivity index (χ2n) is 5.65. The van der Waals surface area contributed by atoms with Gasteiger partial charge in [0.05, 0.1) is 9.16 Å². The van der Waals surface area contributed by atoms with Crippen LogP contribution in [0.1, 0.15) is 86.9 Å². The van der Waals surface area contributed by atoms with Gasteiger partial charge in [-0.25, -0.2) is 0 Å². The zero-order valence-corrected chi connectivity index (χ0v) is 16.0. The Hall–Kier alpha value is 0.470. The lowest BCUT2D eigenvalue weighted by Gasteiger charge is -2.09. The summed E-state index contributed by atoms with van der Waals surface area (Å²) in [7, 11) is 0. The van der Waals surface area contributed by atoms with Crippen LogP contribution >= 0.6 is 38.9 Å². The van der Waals surface area contributed by atoms with Crippen LogP contribution in [-0.2, 0) is 0 Å². The number of hydrogen-bond donors (Lipinski definition) is 0. The number of alkyl halides is 1. The van der Waals surface area contributed by atoms with Gasteiger partial charge in [0.25, 0.3) is 0 Å². The van der Waals surface area contributed by atoms with Gasteiger partial charge in [-0.15, -0.1) is 22.9 Å². The van der Waals surface area contributed by atoms with Gasteiger partial charge in [0.2, 0.25) is 0 Å². The molecule has 116 valence electrons. The predicted molar refractivity (Wildman–Crippen MR) is 97.2 cm³/mol. The summed E-state index contributed by atoms with van der Waals surface area (Å²) in [5.41, 5.74) is 1.32. The Morgan fingerprint density at radius 1 is 1.05 bits per heavy atom. The molecule has 1 rings (SSSR count). The van der Waals surface area contributed by atoms with E-state index in [1.807, 2.05) is 0 Å². The molecule has 1 aromatic rings. The Labute approximate surface area is 142 Å². The standard InChI is InChI=1S/C17H28BrClS/c1-3-4-5-6-7-8-9-10-11-12-16(19)15-13-17(18)20-14(15)2/h13,16H,3-12H2,1-2H3. The number of hydrogen-bond acceptors (Lipinski definition) is 1. The van der Waals surface area contributed by atoms with Crippen LogP contribution in [0.4, 0.5) is 0 Å². The molecule has 0 aliphatic rings. The van der Waals surface area contributed by atoms with Crippen molar-refractivity contribution in [3.8, 4) is 0 Å². The van der Waals surface area contributed by atoms with Gasteiger partial charge in [0, 0.05) is 4.88 Å². The molecule has 0 amide bonds. The monoisotopic (exact) mass is 378 g/mol. The maximum absolute atomic E-state index is 6.51. The highest BCUT2D eigenvalue weighted by Gasteiger charge is 2.13. The van der Waals surface area contributed by atoms with Crippen LogP contribution in [0.15, 0.2) is 9.85 Å². The van der Waals surface area contributed by atoms with Gasteiger partial charge in [-0.3, -0.25) is 0 Å². The van der Waals surface area contributed by atoms with Crippen LogP contribution in [-0.4, -0.2) is 0 Å². The SMILES string of the molecule is CCCCCCCCCCCC(Cl)c1cc(Br)sc1C. The van der Waals surface area contributed by atoms with Gasteiger partial charge in [-0.2, -0.15) is 0 Å². The molecule has 0 bridgehead atoms. The van der Waals surface area contributed by atoms with Crippen molar-refractivity contribution in [2.24, 2.45) is 0 Å². The first-order valence-corrected chi connectivity index (χ1v) is 10.1. The summed E-state index contributed by atoms with van der Waals surface area (Å²) in [4.78, 5) is 1.35. The highest BCUT2D eigenvalue weighted by Crippen LogP contribution is 2.36. The van der Waals surface area contributed by atoms with E-state index in [1.54, 1.807) is 11.3 Å². The van der Waals surface area contributed by atoms with Crippen molar-refractivity contribution in [1.29, 1.82) is 0 Å². The first kappa shape index (κ1) is 18.5. The summed E-state index contributed by atoms with van der Waals surface area (Å²) in [6.07, 6.45) is 13.5. The van der Waals surface area contributed by atoms with Gasteiger partial charge in [-0.1, -0.05) is 64.7 Å². The third-order valence-electron chi connectivity index (χ3n) is 3.82. The van der Waals surface area contributed by atoms with E-state index in [0.717, 1.165) is 6.42 Å². The third kappa shape index (κ3) is 7.47. The second-order valence-corrected chi connectivity index (χ2v) is 8.81. The van der Waals surface area contributed by atoms with Crippen LogP contribution in [0, 0.1) is 6.92 Å². The van der Waals surface area contributed by atoms with Crippen molar-refractivity contribution in [2.45, 2.75) is 83.4 Å². The fourth-order valence-electron chi connectivity index (χ4n) is 2.56. The summed E-state index contributed by atoms with van der Waals surface area (Å²) < 4.78 is 1.20. The molecule has 0 aromatic carbocycles. The fourth-order valence-corrected chi connectivity index (χ4v) is 4.78. The molecular formula is C17H28BrClS. The van der Waals surface area contributed by atoms with E-state index in [9.17, 15) is 0 Å². The normalized spacial score (nSPS) is 12.8. The molecule has 0 N–H and O–H groups in total. The molecule has 0 saturated carbocycles. The van der Waals surface area contributed by atoms with Gasteiger partial charge in [-0.05, 0) is 40.9 Å². The zero-order valence-electron chi connectivity index (χ0n) is 12.9. The van der Waals surface area contributed by atoms with Crippen molar-refractivity contribution in [1.82, 2.24) is 0 Å². The van der Waals surface area contributed by atoms with Crippen molar-refractivity contribution in [3.63, 3.8) is 0 Å². The summed E-state index contributed by atoms with van der Waals surface area (Å²) in [6.45, 7) is 4.44. The predicted octanol–water partition coefficient (Wildman–Crippen LogP) is 8.02. The second kappa shape index (κ2) is 11.1. The fraction of sp³-hybridized carbons (Fsp3) is 0.765. The highest BCUT2D eigenvalue weighted by atomic mass is 79.9. The molecule has 0 aliphatic carbocycles. The molecule has 0 aliphatic heterocycles. The Kier molecular flexibility index (Phi) is 10.3. The maximum atomic E-state index is 6.51. The first-order valence-electron chi connectivity index (χ1n) is 8.05. The molecule has 1 aromatic heterocycles. The Morgan fingerprint density at radius 2 is 1.60 bits per heavy atom. The summed E-state index contributed by atoms with van der Waals surface area (Å²) >= 11 is 11.8. The van der Waals surface area contributed by atoms with E-state index < -0.39 is 0 Å². The van der Waals surface area contributed by atoms with Crippen LogP contribution < -0.4 is 0 Å². The van der Waals surface area contributed by atoms with E-state index in [-0.39, 0.29) is 5.38 Å². The minimum Gasteiger partial charge on any atom is -0.133 e. The van der Waals surface area contributed by atoms with Gasteiger partial charge < -0.3 is 0 Å². The number of unbranched alkanes of at least 4 members (excludes halogenated alkanes) is 8. The lowest BCUT2D eigenvalue weighted by Crippen LogP contribution is -1.91. The molecule has 1 unspecified atom stereocenters. The van der Waals surface area contributed by atoms with Crippen LogP contribution in [0.25, 0.3) is 0 Å².